The van der Waals surface area contributed by atoms with E-state index in [9.17, 15) is 13.2 Å². The molecule has 2 aromatic rings. The molecule has 0 radical (unpaired) electrons. The van der Waals surface area contributed by atoms with Crippen LogP contribution in [-0.2, 0) is 21.2 Å². The molecular weight excluding hydrogens is 304 g/mol. The van der Waals surface area contributed by atoms with E-state index in [1.807, 2.05) is 35.0 Å². The van der Waals surface area contributed by atoms with E-state index >= 15 is 0 Å². The maximum absolute atomic E-state index is 12.1. The standard InChI is InChI=1S/C15H18N2O4S/c1-21-13-2-3-14-11(8-13)4-6-17(14)9-15(18)16-12-5-7-22(19,20)10-12/h2-4,6,8,12H,5,7,9-10H2,1H3,(H,16,18)/t12-/m0/s1. The topological polar surface area (TPSA) is 77.4 Å². The van der Waals surface area contributed by atoms with Crippen LogP contribution in [0.25, 0.3) is 10.9 Å². The lowest BCUT2D eigenvalue weighted by Crippen LogP contribution is -2.37. The van der Waals surface area contributed by atoms with E-state index < -0.39 is 9.84 Å². The van der Waals surface area contributed by atoms with Crippen LogP contribution in [-0.4, -0.2) is 43.5 Å². The molecular formula is C15H18N2O4S. The van der Waals surface area contributed by atoms with Crippen LogP contribution >= 0.6 is 0 Å². The van der Waals surface area contributed by atoms with Gasteiger partial charge in [0.15, 0.2) is 9.84 Å². The summed E-state index contributed by atoms with van der Waals surface area (Å²) >= 11 is 0. The van der Waals surface area contributed by atoms with Gasteiger partial charge in [-0.1, -0.05) is 0 Å². The van der Waals surface area contributed by atoms with Gasteiger partial charge in [0, 0.05) is 23.1 Å². The molecule has 0 aliphatic carbocycles. The first-order chi connectivity index (χ1) is 10.5. The van der Waals surface area contributed by atoms with Crippen molar-refractivity contribution in [3.8, 4) is 5.75 Å². The van der Waals surface area contributed by atoms with Crippen LogP contribution in [0.4, 0.5) is 0 Å². The summed E-state index contributed by atoms with van der Waals surface area (Å²) in [6.07, 6.45) is 2.34. The number of aromatic nitrogens is 1. The zero-order valence-electron chi connectivity index (χ0n) is 12.3. The fourth-order valence-electron chi connectivity index (χ4n) is 2.78. The number of hydrogen-bond donors (Lipinski definition) is 1. The molecule has 1 saturated heterocycles. The van der Waals surface area contributed by atoms with Gasteiger partial charge >= 0.3 is 0 Å². The maximum atomic E-state index is 12.1. The molecule has 2 heterocycles. The molecule has 1 atom stereocenters. The highest BCUT2D eigenvalue weighted by molar-refractivity contribution is 7.91. The molecule has 0 unspecified atom stereocenters. The molecule has 1 aliphatic heterocycles. The van der Waals surface area contributed by atoms with Crippen molar-refractivity contribution < 1.29 is 17.9 Å². The van der Waals surface area contributed by atoms with Crippen molar-refractivity contribution in [1.29, 1.82) is 0 Å². The summed E-state index contributed by atoms with van der Waals surface area (Å²) in [6, 6.07) is 7.32. The Morgan fingerprint density at radius 1 is 1.41 bits per heavy atom. The smallest absolute Gasteiger partial charge is 0.240 e. The highest BCUT2D eigenvalue weighted by Gasteiger charge is 2.28. The lowest BCUT2D eigenvalue weighted by atomic mass is 10.2. The number of hydrogen-bond acceptors (Lipinski definition) is 4. The summed E-state index contributed by atoms with van der Waals surface area (Å²) in [5, 5.41) is 3.79. The molecule has 22 heavy (non-hydrogen) atoms. The third kappa shape index (κ3) is 3.09. The second-order valence-electron chi connectivity index (χ2n) is 5.54. The largest absolute Gasteiger partial charge is 0.497 e. The van der Waals surface area contributed by atoms with Crippen LogP contribution in [0, 0.1) is 0 Å². The van der Waals surface area contributed by atoms with Crippen LogP contribution < -0.4 is 10.1 Å². The Hall–Kier alpha value is -2.02. The van der Waals surface area contributed by atoms with Gasteiger partial charge in [-0.2, -0.15) is 0 Å². The lowest BCUT2D eigenvalue weighted by Gasteiger charge is -2.12. The number of carbonyl (C=O) groups is 1. The lowest BCUT2D eigenvalue weighted by molar-refractivity contribution is -0.122. The Kier molecular flexibility index (Phi) is 3.82. The van der Waals surface area contributed by atoms with Crippen LogP contribution in [0.15, 0.2) is 30.5 Å². The van der Waals surface area contributed by atoms with Gasteiger partial charge < -0.3 is 14.6 Å². The number of methoxy groups -OCH3 is 1. The molecule has 6 nitrogen and oxygen atoms in total. The van der Waals surface area contributed by atoms with E-state index in [4.69, 9.17) is 4.74 Å². The zero-order chi connectivity index (χ0) is 15.7. The van der Waals surface area contributed by atoms with Crippen LogP contribution in [0.2, 0.25) is 0 Å². The summed E-state index contributed by atoms with van der Waals surface area (Å²) < 4.78 is 29.8. The fourth-order valence-corrected chi connectivity index (χ4v) is 4.45. The van der Waals surface area contributed by atoms with Crippen molar-refractivity contribution in [2.24, 2.45) is 0 Å². The number of carbonyl (C=O) groups excluding carboxylic acids is 1. The minimum Gasteiger partial charge on any atom is -0.497 e. The molecule has 0 spiro atoms. The SMILES string of the molecule is COc1ccc2c(ccn2CC(=O)N[C@H]2CCS(=O)(=O)C2)c1. The number of nitrogens with one attached hydrogen (secondary N) is 1. The Labute approximate surface area is 129 Å². The van der Waals surface area contributed by atoms with Crippen molar-refractivity contribution in [3.63, 3.8) is 0 Å². The highest BCUT2D eigenvalue weighted by Crippen LogP contribution is 2.21. The number of fused-ring (bicyclic) bond motifs is 1. The van der Waals surface area contributed by atoms with Crippen molar-refractivity contribution in [3.05, 3.63) is 30.5 Å². The van der Waals surface area contributed by atoms with Gasteiger partial charge in [0.25, 0.3) is 0 Å². The monoisotopic (exact) mass is 322 g/mol. The third-order valence-electron chi connectivity index (χ3n) is 3.89. The summed E-state index contributed by atoms with van der Waals surface area (Å²) in [5.41, 5.74) is 0.940. The molecule has 1 fully saturated rings. The molecule has 118 valence electrons. The molecule has 0 bridgehead atoms. The third-order valence-corrected chi connectivity index (χ3v) is 5.66. The Balaban J connectivity index is 1.69. The minimum atomic E-state index is -2.98. The van der Waals surface area contributed by atoms with Gasteiger partial charge in [-0.25, -0.2) is 8.42 Å². The fraction of sp³-hybridized carbons (Fsp3) is 0.400. The van der Waals surface area contributed by atoms with E-state index in [1.165, 1.54) is 0 Å². The van der Waals surface area contributed by atoms with Gasteiger partial charge in [-0.05, 0) is 30.7 Å². The number of benzene rings is 1. The molecule has 1 aromatic carbocycles. The average molecular weight is 322 g/mol. The quantitative estimate of drug-likeness (QED) is 0.909. The van der Waals surface area contributed by atoms with Crippen molar-refractivity contribution in [2.75, 3.05) is 18.6 Å². The molecule has 1 N–H and O–H groups in total. The van der Waals surface area contributed by atoms with Gasteiger partial charge in [0.1, 0.15) is 12.3 Å². The van der Waals surface area contributed by atoms with Crippen LogP contribution in [0.1, 0.15) is 6.42 Å². The summed E-state index contributed by atoms with van der Waals surface area (Å²) in [6.45, 7) is 0.173. The Morgan fingerprint density at radius 2 is 2.23 bits per heavy atom. The summed E-state index contributed by atoms with van der Waals surface area (Å²) in [5.74, 6) is 0.799. The number of rotatable bonds is 4. The normalized spacial score (nSPS) is 20.1. The Bertz CT molecular complexity index is 810. The van der Waals surface area contributed by atoms with E-state index in [0.29, 0.717) is 6.42 Å². The van der Waals surface area contributed by atoms with E-state index in [2.05, 4.69) is 5.32 Å². The maximum Gasteiger partial charge on any atom is 0.240 e. The summed E-state index contributed by atoms with van der Waals surface area (Å²) in [7, 11) is -1.37. The number of nitrogens with zero attached hydrogens (tertiary/aromatic N) is 1. The second kappa shape index (κ2) is 5.64. The molecule has 1 aliphatic rings. The van der Waals surface area contributed by atoms with Crippen LogP contribution in [0.3, 0.4) is 0 Å². The second-order valence-corrected chi connectivity index (χ2v) is 7.76. The number of ether oxygens (including phenoxy) is 1. The van der Waals surface area contributed by atoms with E-state index in [1.54, 1.807) is 7.11 Å². The van der Waals surface area contributed by atoms with Crippen molar-refractivity contribution in [2.45, 2.75) is 19.0 Å². The Morgan fingerprint density at radius 3 is 2.91 bits per heavy atom. The van der Waals surface area contributed by atoms with Gasteiger partial charge in [0.05, 0.1) is 18.6 Å². The van der Waals surface area contributed by atoms with Gasteiger partial charge in [0.2, 0.25) is 5.91 Å². The molecule has 3 rings (SSSR count). The molecule has 1 aromatic heterocycles. The van der Waals surface area contributed by atoms with Crippen molar-refractivity contribution >= 4 is 26.6 Å². The van der Waals surface area contributed by atoms with Crippen molar-refractivity contribution in [1.82, 2.24) is 9.88 Å². The summed E-state index contributed by atoms with van der Waals surface area (Å²) in [4.78, 5) is 12.1. The minimum absolute atomic E-state index is 0.0440. The average Bonchev–Trinajstić information content (AvgIpc) is 3.01. The predicted molar refractivity (Wildman–Crippen MR) is 83.7 cm³/mol. The van der Waals surface area contributed by atoms with E-state index in [0.717, 1.165) is 16.7 Å². The van der Waals surface area contributed by atoms with Crippen LogP contribution in [0.5, 0.6) is 5.75 Å². The highest BCUT2D eigenvalue weighted by atomic mass is 32.2. The van der Waals surface area contributed by atoms with Gasteiger partial charge in [-0.3, -0.25) is 4.79 Å². The first-order valence-electron chi connectivity index (χ1n) is 7.09. The first kappa shape index (κ1) is 14.9. The zero-order valence-corrected chi connectivity index (χ0v) is 13.1. The number of amides is 1. The predicted octanol–water partition coefficient (Wildman–Crippen LogP) is 0.953. The van der Waals surface area contributed by atoms with E-state index in [-0.39, 0.29) is 30.0 Å². The molecule has 1 amide bonds. The molecule has 7 heteroatoms. The first-order valence-corrected chi connectivity index (χ1v) is 8.92. The van der Waals surface area contributed by atoms with Gasteiger partial charge in [-0.15, -0.1) is 0 Å². The number of sulfone groups is 1. The molecule has 0 saturated carbocycles.